The monoisotopic (exact) mass is 488 g/mol. The van der Waals surface area contributed by atoms with Gasteiger partial charge >= 0.3 is 0 Å². The highest BCUT2D eigenvalue weighted by Crippen LogP contribution is 2.32. The van der Waals surface area contributed by atoms with E-state index in [4.69, 9.17) is 9.47 Å². The lowest BCUT2D eigenvalue weighted by Crippen LogP contribution is -2.47. The van der Waals surface area contributed by atoms with Crippen molar-refractivity contribution in [2.24, 2.45) is 0 Å². The molecule has 0 aliphatic carbocycles. The third-order valence-corrected chi connectivity index (χ3v) is 5.80. The van der Waals surface area contributed by atoms with E-state index < -0.39 is 6.04 Å². The fourth-order valence-electron chi connectivity index (χ4n) is 3.44. The minimum absolute atomic E-state index is 0.0595. The Bertz CT molecular complexity index is 918. The van der Waals surface area contributed by atoms with Gasteiger partial charge in [-0.1, -0.05) is 47.5 Å². The predicted octanol–water partition coefficient (Wildman–Crippen LogP) is 4.44. The average Bonchev–Trinajstić information content (AvgIpc) is 3.23. The molecule has 166 valence electrons. The molecule has 1 aliphatic heterocycles. The van der Waals surface area contributed by atoms with Crippen LogP contribution in [0.5, 0.6) is 11.5 Å². The van der Waals surface area contributed by atoms with E-state index in [1.807, 2.05) is 42.5 Å². The zero-order valence-electron chi connectivity index (χ0n) is 18.0. The van der Waals surface area contributed by atoms with E-state index in [0.717, 1.165) is 34.2 Å². The maximum absolute atomic E-state index is 13.2. The molecule has 0 aromatic heterocycles. The molecule has 2 aromatic carbocycles. The first kappa shape index (κ1) is 23.1. The molecule has 1 heterocycles. The van der Waals surface area contributed by atoms with Crippen LogP contribution < -0.4 is 14.8 Å². The van der Waals surface area contributed by atoms with Gasteiger partial charge in [0.15, 0.2) is 11.5 Å². The Balaban J connectivity index is 1.69. The van der Waals surface area contributed by atoms with Gasteiger partial charge in [-0.2, -0.15) is 0 Å². The smallest absolute Gasteiger partial charge is 0.242 e. The summed E-state index contributed by atoms with van der Waals surface area (Å²) in [5, 5.41) is 2.95. The first-order valence-electron chi connectivity index (χ1n) is 10.7. The molecule has 0 radical (unpaired) electrons. The van der Waals surface area contributed by atoms with Gasteiger partial charge in [0.1, 0.15) is 6.04 Å². The predicted molar refractivity (Wildman–Crippen MR) is 123 cm³/mol. The van der Waals surface area contributed by atoms with Crippen LogP contribution in [0, 0.1) is 0 Å². The third kappa shape index (κ3) is 6.47. The third-order valence-electron chi connectivity index (χ3n) is 5.30. The fourth-order valence-corrected chi connectivity index (χ4v) is 3.89. The van der Waals surface area contributed by atoms with Gasteiger partial charge in [-0.25, -0.2) is 0 Å². The second kappa shape index (κ2) is 11.2. The molecule has 0 bridgehead atoms. The van der Waals surface area contributed by atoms with E-state index in [1.54, 1.807) is 11.8 Å². The Hall–Kier alpha value is -2.54. The molecule has 0 fully saturated rings. The summed E-state index contributed by atoms with van der Waals surface area (Å²) >= 11 is 3.48. The number of hydrogen-bond acceptors (Lipinski definition) is 4. The van der Waals surface area contributed by atoms with Crippen LogP contribution in [0.3, 0.4) is 0 Å². The number of carbonyl (C=O) groups excluding carboxylic acids is 2. The topological polar surface area (TPSA) is 67.9 Å². The average molecular weight is 489 g/mol. The van der Waals surface area contributed by atoms with Crippen molar-refractivity contribution >= 4 is 27.7 Å². The first-order valence-corrected chi connectivity index (χ1v) is 11.5. The summed E-state index contributed by atoms with van der Waals surface area (Å²) in [5.74, 6) is 1.25. The molecule has 1 atom stereocenters. The van der Waals surface area contributed by atoms with Crippen LogP contribution in [-0.4, -0.2) is 36.1 Å². The first-order chi connectivity index (χ1) is 15.0. The molecule has 2 aromatic rings. The summed E-state index contributed by atoms with van der Waals surface area (Å²) in [5.41, 5.74) is 1.97. The molecule has 31 heavy (non-hydrogen) atoms. The van der Waals surface area contributed by atoms with Gasteiger partial charge in [0.25, 0.3) is 0 Å². The van der Waals surface area contributed by atoms with E-state index in [1.165, 1.54) is 0 Å². The number of rotatable bonds is 10. The minimum atomic E-state index is -0.555. The number of unbranched alkanes of at least 4 members (excludes halogenated alkanes) is 1. The number of amides is 2. The van der Waals surface area contributed by atoms with Crippen molar-refractivity contribution in [2.75, 3.05) is 13.3 Å². The van der Waals surface area contributed by atoms with E-state index in [-0.39, 0.29) is 18.6 Å². The summed E-state index contributed by atoms with van der Waals surface area (Å²) in [4.78, 5) is 27.5. The Kier molecular flexibility index (Phi) is 8.35. The number of hydrogen-bond donors (Lipinski definition) is 1. The number of carbonyl (C=O) groups is 2. The lowest BCUT2D eigenvalue weighted by atomic mass is 10.1. The fraction of sp³-hybridized carbons (Fsp3) is 0.417. The van der Waals surface area contributed by atoms with Crippen LogP contribution in [0.4, 0.5) is 0 Å². The zero-order valence-corrected chi connectivity index (χ0v) is 19.6. The van der Waals surface area contributed by atoms with Gasteiger partial charge in [0, 0.05) is 24.0 Å². The van der Waals surface area contributed by atoms with E-state index in [0.29, 0.717) is 31.7 Å². The highest BCUT2D eigenvalue weighted by molar-refractivity contribution is 9.10. The molecule has 0 saturated heterocycles. The van der Waals surface area contributed by atoms with Crippen LogP contribution in [0.2, 0.25) is 0 Å². The van der Waals surface area contributed by atoms with Crippen LogP contribution >= 0.6 is 15.9 Å². The number of ether oxygens (including phenoxy) is 2. The summed E-state index contributed by atoms with van der Waals surface area (Å²) in [6, 6.07) is 13.0. The second-order valence-electron chi connectivity index (χ2n) is 7.66. The molecular weight excluding hydrogens is 460 g/mol. The molecule has 6 nitrogen and oxygen atoms in total. The number of aryl methyl sites for hydroxylation is 1. The maximum Gasteiger partial charge on any atom is 0.242 e. The lowest BCUT2D eigenvalue weighted by Gasteiger charge is -2.29. The van der Waals surface area contributed by atoms with Crippen LogP contribution in [0.1, 0.15) is 44.2 Å². The highest BCUT2D eigenvalue weighted by atomic mass is 79.9. The molecule has 0 unspecified atom stereocenters. The van der Waals surface area contributed by atoms with Gasteiger partial charge in [0.2, 0.25) is 18.6 Å². The van der Waals surface area contributed by atoms with Crippen molar-refractivity contribution in [3.63, 3.8) is 0 Å². The van der Waals surface area contributed by atoms with Crippen molar-refractivity contribution in [1.82, 2.24) is 10.2 Å². The molecule has 2 amide bonds. The molecule has 1 N–H and O–H groups in total. The van der Waals surface area contributed by atoms with Crippen molar-refractivity contribution in [3.05, 3.63) is 58.1 Å². The van der Waals surface area contributed by atoms with Crippen molar-refractivity contribution in [2.45, 2.75) is 52.1 Å². The van der Waals surface area contributed by atoms with Gasteiger partial charge in [-0.05, 0) is 55.2 Å². The van der Waals surface area contributed by atoms with Crippen LogP contribution in [-0.2, 0) is 22.6 Å². The lowest BCUT2D eigenvalue weighted by molar-refractivity contribution is -0.140. The summed E-state index contributed by atoms with van der Waals surface area (Å²) in [7, 11) is 0. The van der Waals surface area contributed by atoms with E-state index in [9.17, 15) is 9.59 Å². The van der Waals surface area contributed by atoms with Gasteiger partial charge in [-0.15, -0.1) is 0 Å². The number of nitrogens with one attached hydrogen (secondary N) is 1. The van der Waals surface area contributed by atoms with Crippen molar-refractivity contribution in [3.8, 4) is 11.5 Å². The molecule has 7 heteroatoms. The van der Waals surface area contributed by atoms with Crippen LogP contribution in [0.25, 0.3) is 0 Å². The van der Waals surface area contributed by atoms with E-state index in [2.05, 4.69) is 28.2 Å². The van der Waals surface area contributed by atoms with Gasteiger partial charge in [0.05, 0.1) is 0 Å². The van der Waals surface area contributed by atoms with Gasteiger partial charge in [-0.3, -0.25) is 9.59 Å². The van der Waals surface area contributed by atoms with E-state index >= 15 is 0 Å². The highest BCUT2D eigenvalue weighted by Gasteiger charge is 2.26. The quantitative estimate of drug-likeness (QED) is 0.501. The number of benzene rings is 2. The number of halogens is 1. The summed E-state index contributed by atoms with van der Waals surface area (Å²) < 4.78 is 11.7. The maximum atomic E-state index is 13.2. The molecule has 1 aliphatic rings. The van der Waals surface area contributed by atoms with Crippen molar-refractivity contribution < 1.29 is 19.1 Å². The largest absolute Gasteiger partial charge is 0.454 e. The molecular formula is C24H29BrN2O4. The molecule has 3 rings (SSSR count). The number of fused-ring (bicyclic) bond motifs is 1. The normalized spacial score (nSPS) is 13.0. The Labute approximate surface area is 192 Å². The summed E-state index contributed by atoms with van der Waals surface area (Å²) in [6.07, 6.45) is 2.79. The second-order valence-corrected chi connectivity index (χ2v) is 8.58. The molecule has 0 spiro atoms. The molecule has 0 saturated carbocycles. The van der Waals surface area contributed by atoms with Gasteiger partial charge < -0.3 is 19.7 Å². The Morgan fingerprint density at radius 2 is 1.94 bits per heavy atom. The zero-order chi connectivity index (χ0) is 22.2. The Morgan fingerprint density at radius 3 is 2.71 bits per heavy atom. The number of nitrogens with zero attached hydrogens (tertiary/aromatic N) is 1. The minimum Gasteiger partial charge on any atom is -0.454 e. The van der Waals surface area contributed by atoms with Crippen molar-refractivity contribution in [1.29, 1.82) is 0 Å². The van der Waals surface area contributed by atoms with Crippen LogP contribution in [0.15, 0.2) is 46.9 Å². The summed E-state index contributed by atoms with van der Waals surface area (Å²) in [6.45, 7) is 5.09. The standard InChI is InChI=1S/C24H29BrN2O4/c1-3-4-12-26-24(29)17(2)27(15-19-6-5-7-20(25)13-19)23(28)11-9-18-8-10-21-22(14-18)31-16-30-21/h5-8,10,13-14,17H,3-4,9,11-12,15-16H2,1-2H3,(H,26,29)/t17-/m0/s1. The SMILES string of the molecule is CCCCNC(=O)[C@H](C)N(Cc1cccc(Br)c1)C(=O)CCc1ccc2c(c1)OCO2. The Morgan fingerprint density at radius 1 is 1.13 bits per heavy atom.